The minimum absolute atomic E-state index is 0.161. The highest BCUT2D eigenvalue weighted by atomic mass is 14.8. The Hall–Kier alpha value is -1.18. The van der Waals surface area contributed by atoms with Crippen molar-refractivity contribution in [2.24, 2.45) is 10.4 Å². The maximum Gasteiger partial charge on any atom is 0.0808 e. The molecule has 1 aromatic rings. The number of hydrogen-bond acceptors (Lipinski definition) is 2. The van der Waals surface area contributed by atoms with Gasteiger partial charge in [0.1, 0.15) is 0 Å². The van der Waals surface area contributed by atoms with Gasteiger partial charge in [0.05, 0.1) is 12.2 Å². The van der Waals surface area contributed by atoms with Crippen LogP contribution in [0.5, 0.6) is 0 Å². The van der Waals surface area contributed by atoms with Gasteiger partial charge in [0.2, 0.25) is 0 Å². The molecule has 0 saturated carbocycles. The molecule has 0 aliphatic heterocycles. The van der Waals surface area contributed by atoms with E-state index in [1.165, 1.54) is 0 Å². The second-order valence-electron chi connectivity index (χ2n) is 4.16. The minimum atomic E-state index is 0.161. The van der Waals surface area contributed by atoms with Crippen LogP contribution >= 0.6 is 0 Å². The monoisotopic (exact) mass is 176 g/mol. The summed E-state index contributed by atoms with van der Waals surface area (Å²) in [4.78, 5) is 8.51. The molecule has 0 N–H and O–H groups in total. The highest BCUT2D eigenvalue weighted by Gasteiger charge is 2.04. The molecule has 0 aliphatic carbocycles. The van der Waals surface area contributed by atoms with Crippen molar-refractivity contribution >= 4 is 6.21 Å². The van der Waals surface area contributed by atoms with Crippen molar-refractivity contribution < 1.29 is 0 Å². The number of aromatic nitrogens is 1. The highest BCUT2D eigenvalue weighted by Crippen LogP contribution is 2.08. The van der Waals surface area contributed by atoms with E-state index < -0.39 is 0 Å². The number of nitrogens with zero attached hydrogens (tertiary/aromatic N) is 2. The number of hydrogen-bond donors (Lipinski definition) is 0. The Labute approximate surface area is 79.7 Å². The van der Waals surface area contributed by atoms with Crippen molar-refractivity contribution in [2.75, 3.05) is 0 Å². The number of aliphatic imine (C=N–C) groups is 1. The summed E-state index contributed by atoms with van der Waals surface area (Å²) in [6.07, 6.45) is 3.77. The third-order valence-corrected chi connectivity index (χ3v) is 1.46. The fraction of sp³-hybridized carbons (Fsp3) is 0.455. The van der Waals surface area contributed by atoms with E-state index in [1.54, 1.807) is 6.20 Å². The molecule has 0 bridgehead atoms. The molecule has 0 atom stereocenters. The first-order chi connectivity index (χ1) is 6.08. The molecule has 0 aliphatic rings. The van der Waals surface area contributed by atoms with Crippen molar-refractivity contribution in [1.82, 2.24) is 4.98 Å². The first-order valence-electron chi connectivity index (χ1n) is 4.49. The Morgan fingerprint density at radius 2 is 2.15 bits per heavy atom. The Morgan fingerprint density at radius 1 is 1.38 bits per heavy atom. The number of pyridine rings is 1. The van der Waals surface area contributed by atoms with E-state index in [0.29, 0.717) is 6.54 Å². The number of rotatable bonds is 2. The molecule has 0 unspecified atom stereocenters. The maximum atomic E-state index is 4.33. The van der Waals surface area contributed by atoms with Crippen LogP contribution in [0.2, 0.25) is 0 Å². The Morgan fingerprint density at radius 3 is 2.69 bits per heavy atom. The van der Waals surface area contributed by atoms with Gasteiger partial charge in [0.25, 0.3) is 0 Å². The summed E-state index contributed by atoms with van der Waals surface area (Å²) in [6, 6.07) is 5.88. The molecule has 13 heavy (non-hydrogen) atoms. The topological polar surface area (TPSA) is 25.2 Å². The summed E-state index contributed by atoms with van der Waals surface area (Å²) in [5.74, 6) is 0. The van der Waals surface area contributed by atoms with Crippen LogP contribution in [0.25, 0.3) is 0 Å². The Kier molecular flexibility index (Phi) is 3.18. The molecule has 0 radical (unpaired) electrons. The fourth-order valence-electron chi connectivity index (χ4n) is 0.905. The van der Waals surface area contributed by atoms with Gasteiger partial charge >= 0.3 is 0 Å². The lowest BCUT2D eigenvalue weighted by Gasteiger charge is -2.09. The van der Waals surface area contributed by atoms with E-state index in [-0.39, 0.29) is 5.41 Å². The Bertz CT molecular complexity index is 270. The highest BCUT2D eigenvalue weighted by molar-refractivity contribution is 5.63. The van der Waals surface area contributed by atoms with Gasteiger partial charge < -0.3 is 0 Å². The SMILES string of the molecule is CC(C)(C)C=NCc1ccccn1. The lowest BCUT2D eigenvalue weighted by Crippen LogP contribution is -2.06. The summed E-state index contributed by atoms with van der Waals surface area (Å²) in [6.45, 7) is 7.08. The van der Waals surface area contributed by atoms with Gasteiger partial charge in [-0.05, 0) is 17.5 Å². The van der Waals surface area contributed by atoms with Gasteiger partial charge in [-0.25, -0.2) is 0 Å². The zero-order valence-electron chi connectivity index (χ0n) is 8.49. The first kappa shape index (κ1) is 9.90. The second kappa shape index (κ2) is 4.17. The first-order valence-corrected chi connectivity index (χ1v) is 4.49. The molecule has 70 valence electrons. The van der Waals surface area contributed by atoms with E-state index in [9.17, 15) is 0 Å². The van der Waals surface area contributed by atoms with Gasteiger partial charge in [-0.3, -0.25) is 9.98 Å². The van der Waals surface area contributed by atoms with Crippen molar-refractivity contribution in [1.29, 1.82) is 0 Å². The van der Waals surface area contributed by atoms with Crippen LogP contribution in [-0.4, -0.2) is 11.2 Å². The van der Waals surface area contributed by atoms with E-state index in [1.807, 2.05) is 24.4 Å². The lowest BCUT2D eigenvalue weighted by molar-refractivity contribution is 0.603. The smallest absolute Gasteiger partial charge is 0.0808 e. The summed E-state index contributed by atoms with van der Waals surface area (Å²) in [5, 5.41) is 0. The van der Waals surface area contributed by atoms with Gasteiger partial charge in [0, 0.05) is 12.4 Å². The van der Waals surface area contributed by atoms with E-state index in [2.05, 4.69) is 30.7 Å². The average Bonchev–Trinajstić information content (AvgIpc) is 2.04. The molecular weight excluding hydrogens is 160 g/mol. The molecule has 0 amide bonds. The van der Waals surface area contributed by atoms with Gasteiger partial charge in [-0.15, -0.1) is 0 Å². The lowest BCUT2D eigenvalue weighted by atomic mass is 9.99. The van der Waals surface area contributed by atoms with Crippen molar-refractivity contribution in [3.63, 3.8) is 0 Å². The van der Waals surface area contributed by atoms with Crippen molar-refractivity contribution in [2.45, 2.75) is 27.3 Å². The predicted octanol–water partition coefficient (Wildman–Crippen LogP) is 2.70. The normalized spacial score (nSPS) is 12.2. The molecule has 2 nitrogen and oxygen atoms in total. The van der Waals surface area contributed by atoms with Crippen LogP contribution in [-0.2, 0) is 6.54 Å². The van der Waals surface area contributed by atoms with Crippen molar-refractivity contribution in [3.05, 3.63) is 30.1 Å². The molecule has 0 spiro atoms. The molecule has 2 heteroatoms. The summed E-state index contributed by atoms with van der Waals surface area (Å²) < 4.78 is 0. The van der Waals surface area contributed by atoms with Crippen molar-refractivity contribution in [3.8, 4) is 0 Å². The third kappa shape index (κ3) is 4.41. The fourth-order valence-corrected chi connectivity index (χ4v) is 0.905. The summed E-state index contributed by atoms with van der Waals surface area (Å²) in [7, 11) is 0. The summed E-state index contributed by atoms with van der Waals surface area (Å²) in [5.41, 5.74) is 1.18. The molecular formula is C11H16N2. The molecule has 1 rings (SSSR count). The maximum absolute atomic E-state index is 4.33. The summed E-state index contributed by atoms with van der Waals surface area (Å²) >= 11 is 0. The second-order valence-corrected chi connectivity index (χ2v) is 4.16. The van der Waals surface area contributed by atoms with Crippen LogP contribution in [0.4, 0.5) is 0 Å². The average molecular weight is 176 g/mol. The van der Waals surface area contributed by atoms with Crippen LogP contribution in [0.1, 0.15) is 26.5 Å². The standard InChI is InChI=1S/C11H16N2/c1-11(2,3)9-12-8-10-6-4-5-7-13-10/h4-7,9H,8H2,1-3H3. The minimum Gasteiger partial charge on any atom is -0.291 e. The molecule has 1 aromatic heterocycles. The van der Waals surface area contributed by atoms with Crippen LogP contribution in [0, 0.1) is 5.41 Å². The van der Waals surface area contributed by atoms with Gasteiger partial charge in [0.15, 0.2) is 0 Å². The zero-order valence-corrected chi connectivity index (χ0v) is 8.49. The van der Waals surface area contributed by atoms with Crippen LogP contribution in [0.15, 0.2) is 29.4 Å². The van der Waals surface area contributed by atoms with Crippen LogP contribution < -0.4 is 0 Å². The quantitative estimate of drug-likeness (QED) is 0.636. The van der Waals surface area contributed by atoms with E-state index in [0.717, 1.165) is 5.69 Å². The molecule has 0 fully saturated rings. The largest absolute Gasteiger partial charge is 0.291 e. The molecule has 0 saturated heterocycles. The van der Waals surface area contributed by atoms with E-state index >= 15 is 0 Å². The van der Waals surface area contributed by atoms with Gasteiger partial charge in [-0.2, -0.15) is 0 Å². The zero-order chi connectivity index (χ0) is 9.73. The third-order valence-electron chi connectivity index (χ3n) is 1.46. The molecule has 1 heterocycles. The van der Waals surface area contributed by atoms with E-state index in [4.69, 9.17) is 0 Å². The predicted molar refractivity (Wildman–Crippen MR) is 55.9 cm³/mol. The molecule has 0 aromatic carbocycles. The van der Waals surface area contributed by atoms with Crippen LogP contribution in [0.3, 0.4) is 0 Å². The van der Waals surface area contributed by atoms with Gasteiger partial charge in [-0.1, -0.05) is 26.8 Å². The Balaban J connectivity index is 2.49.